The largest absolute Gasteiger partial charge is 0.361 e. The van der Waals surface area contributed by atoms with E-state index in [1.54, 1.807) is 0 Å². The first kappa shape index (κ1) is 10.4. The van der Waals surface area contributed by atoms with Crippen molar-refractivity contribution in [2.45, 2.75) is 6.54 Å². The van der Waals surface area contributed by atoms with Crippen molar-refractivity contribution in [3.8, 4) is 0 Å². The summed E-state index contributed by atoms with van der Waals surface area (Å²) in [4.78, 5) is 17.7. The minimum absolute atomic E-state index is 0.0731. The first-order valence-corrected chi connectivity index (χ1v) is 6.30. The minimum Gasteiger partial charge on any atom is -0.361 e. The molecular weight excluding hydrogens is 236 g/mol. The highest BCUT2D eigenvalue weighted by Gasteiger charge is 2.27. The van der Waals surface area contributed by atoms with E-state index in [0.717, 1.165) is 22.2 Å². The molecule has 0 saturated heterocycles. The molecule has 1 N–H and O–H groups in total. The lowest BCUT2D eigenvalue weighted by molar-refractivity contribution is 0.0984. The van der Waals surface area contributed by atoms with Crippen LogP contribution >= 0.6 is 0 Å². The lowest BCUT2D eigenvalue weighted by Gasteiger charge is -2.27. The van der Waals surface area contributed by atoms with E-state index in [2.05, 4.69) is 4.98 Å². The summed E-state index contributed by atoms with van der Waals surface area (Å²) in [7, 11) is 0. The van der Waals surface area contributed by atoms with Gasteiger partial charge in [-0.1, -0.05) is 24.3 Å². The maximum atomic E-state index is 12.6. The van der Waals surface area contributed by atoms with Gasteiger partial charge in [-0.25, -0.2) is 0 Å². The fourth-order valence-electron chi connectivity index (χ4n) is 2.76. The molecule has 3 heteroatoms. The number of nitrogens with zero attached hydrogens (tertiary/aromatic N) is 1. The molecule has 3 aromatic rings. The van der Waals surface area contributed by atoms with Gasteiger partial charge in [-0.2, -0.15) is 0 Å². The van der Waals surface area contributed by atoms with Crippen LogP contribution in [0, 0.1) is 0 Å². The van der Waals surface area contributed by atoms with Crippen molar-refractivity contribution in [2.24, 2.45) is 0 Å². The average molecular weight is 248 g/mol. The van der Waals surface area contributed by atoms with Crippen LogP contribution < -0.4 is 4.90 Å². The Hall–Kier alpha value is -2.55. The zero-order chi connectivity index (χ0) is 12.8. The molecule has 1 aliphatic rings. The van der Waals surface area contributed by atoms with Crippen LogP contribution in [0.2, 0.25) is 0 Å². The Balaban J connectivity index is 1.91. The molecule has 3 nitrogen and oxygen atoms in total. The molecule has 4 rings (SSSR count). The van der Waals surface area contributed by atoms with Gasteiger partial charge in [0.05, 0.1) is 6.54 Å². The summed E-state index contributed by atoms with van der Waals surface area (Å²) in [5.74, 6) is 0.0731. The average Bonchev–Trinajstić information content (AvgIpc) is 2.88. The SMILES string of the molecule is O=C1c2cccc3[nH]cc(c23)CN1c1ccccc1. The van der Waals surface area contributed by atoms with E-state index < -0.39 is 0 Å². The van der Waals surface area contributed by atoms with Crippen LogP contribution in [0.4, 0.5) is 5.69 Å². The summed E-state index contributed by atoms with van der Waals surface area (Å²) < 4.78 is 0. The highest BCUT2D eigenvalue weighted by Crippen LogP contribution is 2.32. The Morgan fingerprint density at radius 3 is 2.68 bits per heavy atom. The summed E-state index contributed by atoms with van der Waals surface area (Å²) in [5, 5.41) is 1.07. The van der Waals surface area contributed by atoms with Crippen LogP contribution in [0.3, 0.4) is 0 Å². The van der Waals surface area contributed by atoms with Gasteiger partial charge in [0.2, 0.25) is 0 Å². The number of benzene rings is 2. The normalized spacial score (nSPS) is 14.1. The van der Waals surface area contributed by atoms with Crippen LogP contribution in [0.15, 0.2) is 54.7 Å². The van der Waals surface area contributed by atoms with Crippen molar-refractivity contribution in [1.29, 1.82) is 0 Å². The van der Waals surface area contributed by atoms with E-state index in [0.29, 0.717) is 6.54 Å². The van der Waals surface area contributed by atoms with Crippen LogP contribution in [0.1, 0.15) is 15.9 Å². The maximum Gasteiger partial charge on any atom is 0.259 e. The van der Waals surface area contributed by atoms with Crippen LogP contribution in [0.5, 0.6) is 0 Å². The Morgan fingerprint density at radius 2 is 1.84 bits per heavy atom. The molecule has 0 unspecified atom stereocenters. The third-order valence-corrected chi connectivity index (χ3v) is 3.66. The number of carbonyl (C=O) groups is 1. The Bertz CT molecular complexity index is 774. The molecule has 19 heavy (non-hydrogen) atoms. The number of aromatic nitrogens is 1. The summed E-state index contributed by atoms with van der Waals surface area (Å²) in [6.45, 7) is 0.625. The molecule has 0 spiro atoms. The van der Waals surface area contributed by atoms with Gasteiger partial charge in [-0.05, 0) is 29.8 Å². The molecule has 1 amide bonds. The zero-order valence-corrected chi connectivity index (χ0v) is 10.3. The third kappa shape index (κ3) is 1.41. The number of anilines is 1. The molecular formula is C16H12N2O. The van der Waals surface area contributed by atoms with Crippen LogP contribution in [-0.4, -0.2) is 10.9 Å². The number of rotatable bonds is 1. The highest BCUT2D eigenvalue weighted by molar-refractivity contribution is 6.16. The maximum absolute atomic E-state index is 12.6. The number of aromatic amines is 1. The molecule has 0 saturated carbocycles. The van der Waals surface area contributed by atoms with E-state index in [4.69, 9.17) is 0 Å². The summed E-state index contributed by atoms with van der Waals surface area (Å²) in [5.41, 5.74) is 3.93. The first-order valence-electron chi connectivity index (χ1n) is 6.30. The Morgan fingerprint density at radius 1 is 1.00 bits per heavy atom. The van der Waals surface area contributed by atoms with Gasteiger partial charge in [0.1, 0.15) is 0 Å². The van der Waals surface area contributed by atoms with E-state index in [1.165, 1.54) is 5.56 Å². The number of carbonyl (C=O) groups excluding carboxylic acids is 1. The fraction of sp³-hybridized carbons (Fsp3) is 0.0625. The second-order valence-corrected chi connectivity index (χ2v) is 4.77. The quantitative estimate of drug-likeness (QED) is 0.704. The van der Waals surface area contributed by atoms with Crippen molar-refractivity contribution >= 4 is 22.5 Å². The van der Waals surface area contributed by atoms with Crippen molar-refractivity contribution in [3.05, 3.63) is 65.9 Å². The molecule has 0 atom stereocenters. The zero-order valence-electron chi connectivity index (χ0n) is 10.3. The van der Waals surface area contributed by atoms with E-state index in [-0.39, 0.29) is 5.91 Å². The lowest BCUT2D eigenvalue weighted by atomic mass is 10.00. The summed E-state index contributed by atoms with van der Waals surface area (Å²) in [6, 6.07) is 15.6. The second kappa shape index (κ2) is 3.72. The monoisotopic (exact) mass is 248 g/mol. The molecule has 0 radical (unpaired) electrons. The number of hydrogen-bond acceptors (Lipinski definition) is 1. The number of para-hydroxylation sites is 1. The van der Waals surface area contributed by atoms with E-state index in [1.807, 2.05) is 59.6 Å². The number of hydrogen-bond donors (Lipinski definition) is 1. The predicted molar refractivity (Wildman–Crippen MR) is 75.3 cm³/mol. The Kier molecular flexibility index (Phi) is 2.03. The molecule has 0 fully saturated rings. The third-order valence-electron chi connectivity index (χ3n) is 3.66. The van der Waals surface area contributed by atoms with E-state index in [9.17, 15) is 4.79 Å². The van der Waals surface area contributed by atoms with Crippen LogP contribution in [-0.2, 0) is 6.54 Å². The van der Waals surface area contributed by atoms with Gasteiger partial charge >= 0.3 is 0 Å². The number of amides is 1. The summed E-state index contributed by atoms with van der Waals surface area (Å²) in [6.07, 6.45) is 2.00. The Labute approximate surface area is 110 Å². The van der Waals surface area contributed by atoms with Gasteiger partial charge < -0.3 is 9.88 Å². The van der Waals surface area contributed by atoms with Gasteiger partial charge in [0.25, 0.3) is 5.91 Å². The minimum atomic E-state index is 0.0731. The number of H-pyrrole nitrogens is 1. The standard InChI is InChI=1S/C16H12N2O/c19-16-13-7-4-8-14-15(13)11(9-17-14)10-18(16)12-5-2-1-3-6-12/h1-9,17H,10H2. The molecule has 2 heterocycles. The van der Waals surface area contributed by atoms with Crippen LogP contribution in [0.25, 0.3) is 10.9 Å². The molecule has 0 aliphatic carbocycles. The molecule has 1 aliphatic heterocycles. The van der Waals surface area contributed by atoms with Gasteiger partial charge in [-0.3, -0.25) is 4.79 Å². The molecule has 0 bridgehead atoms. The lowest BCUT2D eigenvalue weighted by Crippen LogP contribution is -2.33. The van der Waals surface area contributed by atoms with Gasteiger partial charge in [0.15, 0.2) is 0 Å². The highest BCUT2D eigenvalue weighted by atomic mass is 16.2. The van der Waals surface area contributed by atoms with Crippen molar-refractivity contribution in [3.63, 3.8) is 0 Å². The fourth-order valence-corrected chi connectivity index (χ4v) is 2.76. The molecule has 92 valence electrons. The van der Waals surface area contributed by atoms with Crippen molar-refractivity contribution in [2.75, 3.05) is 4.90 Å². The smallest absolute Gasteiger partial charge is 0.259 e. The first-order chi connectivity index (χ1) is 9.34. The second-order valence-electron chi connectivity index (χ2n) is 4.77. The van der Waals surface area contributed by atoms with Gasteiger partial charge in [-0.15, -0.1) is 0 Å². The topological polar surface area (TPSA) is 36.1 Å². The summed E-state index contributed by atoms with van der Waals surface area (Å²) >= 11 is 0. The number of nitrogens with one attached hydrogen (secondary N) is 1. The van der Waals surface area contributed by atoms with Gasteiger partial charge in [0, 0.05) is 28.4 Å². The van der Waals surface area contributed by atoms with Crippen molar-refractivity contribution in [1.82, 2.24) is 4.98 Å². The predicted octanol–water partition coefficient (Wildman–Crippen LogP) is 3.33. The van der Waals surface area contributed by atoms with E-state index >= 15 is 0 Å². The van der Waals surface area contributed by atoms with Crippen molar-refractivity contribution < 1.29 is 4.79 Å². The molecule has 1 aromatic heterocycles. The molecule has 2 aromatic carbocycles.